The Bertz CT molecular complexity index is 1060. The van der Waals surface area contributed by atoms with Crippen LogP contribution in [0.4, 0.5) is 0 Å². The summed E-state index contributed by atoms with van der Waals surface area (Å²) in [6, 6.07) is 7.48. The molecule has 1 N–H and O–H groups in total. The Morgan fingerprint density at radius 3 is 2.62 bits per heavy atom. The number of aromatic nitrogens is 2. The Morgan fingerprint density at radius 1 is 1.09 bits per heavy atom. The first-order valence-electron chi connectivity index (χ1n) is 11.6. The van der Waals surface area contributed by atoms with Gasteiger partial charge in [-0.3, -0.25) is 19.1 Å². The average molecular weight is 470 g/mol. The zero-order valence-electron chi connectivity index (χ0n) is 19.7. The number of fused-ring (bicyclic) bond motifs is 1. The van der Waals surface area contributed by atoms with E-state index in [1.54, 1.807) is 21.6 Å². The molecule has 0 saturated carbocycles. The van der Waals surface area contributed by atoms with Crippen molar-refractivity contribution in [3.63, 3.8) is 0 Å². The fourth-order valence-corrected chi connectivity index (χ4v) is 4.40. The van der Waals surface area contributed by atoms with E-state index in [0.29, 0.717) is 63.8 Å². The molecule has 0 spiro atoms. The number of aryl methyl sites for hydroxylation is 1. The van der Waals surface area contributed by atoms with Gasteiger partial charge in [0.05, 0.1) is 20.3 Å². The van der Waals surface area contributed by atoms with Gasteiger partial charge in [0.25, 0.3) is 5.91 Å². The summed E-state index contributed by atoms with van der Waals surface area (Å²) in [4.78, 5) is 41.7. The summed E-state index contributed by atoms with van der Waals surface area (Å²) < 4.78 is 12.4. The molecule has 0 radical (unpaired) electrons. The van der Waals surface area contributed by atoms with Crippen molar-refractivity contribution in [2.75, 3.05) is 40.0 Å². The van der Waals surface area contributed by atoms with E-state index in [1.165, 1.54) is 0 Å². The fourth-order valence-electron chi connectivity index (χ4n) is 4.40. The van der Waals surface area contributed by atoms with Gasteiger partial charge in [0.2, 0.25) is 11.8 Å². The number of benzene rings is 1. The van der Waals surface area contributed by atoms with Crippen molar-refractivity contribution < 1.29 is 23.9 Å². The molecule has 1 aromatic carbocycles. The summed E-state index contributed by atoms with van der Waals surface area (Å²) in [6.07, 6.45) is 0.838. The van der Waals surface area contributed by atoms with Gasteiger partial charge in [-0.1, -0.05) is 18.2 Å². The second-order valence-corrected chi connectivity index (χ2v) is 8.46. The first-order valence-corrected chi connectivity index (χ1v) is 11.6. The average Bonchev–Trinajstić information content (AvgIpc) is 3.21. The number of methoxy groups -OCH3 is 1. The Labute approximate surface area is 198 Å². The van der Waals surface area contributed by atoms with Crippen LogP contribution in [0.5, 0.6) is 5.75 Å². The van der Waals surface area contributed by atoms with Crippen LogP contribution in [0, 0.1) is 0 Å². The van der Waals surface area contributed by atoms with E-state index < -0.39 is 0 Å². The Kier molecular flexibility index (Phi) is 7.46. The number of hydrogen-bond acceptors (Lipinski definition) is 6. The summed E-state index contributed by atoms with van der Waals surface area (Å²) in [5.74, 6) is 0.292. The summed E-state index contributed by atoms with van der Waals surface area (Å²) in [7, 11) is 3.42. The number of morpholine rings is 1. The third-order valence-electron chi connectivity index (χ3n) is 6.33. The highest BCUT2D eigenvalue weighted by Crippen LogP contribution is 2.24. The second-order valence-electron chi connectivity index (χ2n) is 8.46. The van der Waals surface area contributed by atoms with Gasteiger partial charge >= 0.3 is 0 Å². The fraction of sp³-hybridized carbons (Fsp3) is 0.500. The van der Waals surface area contributed by atoms with Gasteiger partial charge in [-0.15, -0.1) is 0 Å². The number of nitrogens with one attached hydrogen (secondary N) is 1. The molecular weight excluding hydrogens is 438 g/mol. The first kappa shape index (κ1) is 23.7. The van der Waals surface area contributed by atoms with Gasteiger partial charge in [-0.05, 0) is 6.07 Å². The predicted molar refractivity (Wildman–Crippen MR) is 123 cm³/mol. The minimum Gasteiger partial charge on any atom is -0.496 e. The lowest BCUT2D eigenvalue weighted by molar-refractivity contribution is -0.134. The van der Waals surface area contributed by atoms with Crippen LogP contribution in [0.15, 0.2) is 24.3 Å². The predicted octanol–water partition coefficient (Wildman–Crippen LogP) is 0.882. The van der Waals surface area contributed by atoms with E-state index in [1.807, 2.05) is 31.3 Å². The molecule has 2 aliphatic heterocycles. The number of carbonyl (C=O) groups excluding carboxylic acids is 3. The molecule has 0 atom stereocenters. The zero-order valence-corrected chi connectivity index (χ0v) is 19.7. The van der Waals surface area contributed by atoms with Gasteiger partial charge < -0.3 is 24.6 Å². The molecule has 3 heterocycles. The van der Waals surface area contributed by atoms with Crippen molar-refractivity contribution >= 4 is 17.7 Å². The minimum atomic E-state index is -0.193. The largest absolute Gasteiger partial charge is 0.496 e. The normalized spacial score (nSPS) is 15.6. The maximum atomic E-state index is 13.0. The number of nitrogens with zero attached hydrogens (tertiary/aromatic N) is 4. The second kappa shape index (κ2) is 10.7. The molecule has 3 amide bonds. The van der Waals surface area contributed by atoms with Crippen molar-refractivity contribution in [1.29, 1.82) is 0 Å². The third kappa shape index (κ3) is 5.22. The number of rotatable bonds is 7. The molecular formula is C24H31N5O5. The minimum absolute atomic E-state index is 0.101. The standard InChI is InChI=1S/C24H31N5O5/c1-27-19-9-10-29(16-18(19)23(26-27)24(32)28-11-13-34-14-12-28)22(31)8-7-21(30)25-15-17-5-3-4-6-20(17)33-2/h3-6H,7-16H2,1-2H3,(H,25,30). The lowest BCUT2D eigenvalue weighted by atomic mass is 10.0. The van der Waals surface area contributed by atoms with Crippen molar-refractivity contribution in [3.8, 4) is 5.75 Å². The molecule has 2 aliphatic rings. The smallest absolute Gasteiger partial charge is 0.274 e. The molecule has 0 bridgehead atoms. The van der Waals surface area contributed by atoms with Crippen LogP contribution in [0.1, 0.15) is 40.2 Å². The zero-order chi connectivity index (χ0) is 24.1. The first-order chi connectivity index (χ1) is 16.5. The number of amides is 3. The van der Waals surface area contributed by atoms with Crippen LogP contribution >= 0.6 is 0 Å². The van der Waals surface area contributed by atoms with Crippen LogP contribution in [0.25, 0.3) is 0 Å². The summed E-state index contributed by atoms with van der Waals surface area (Å²) in [6.45, 7) is 3.32. The molecule has 10 nitrogen and oxygen atoms in total. The van der Waals surface area contributed by atoms with Crippen molar-refractivity contribution in [3.05, 3.63) is 46.8 Å². The topological polar surface area (TPSA) is 106 Å². The Morgan fingerprint density at radius 2 is 1.85 bits per heavy atom. The van der Waals surface area contributed by atoms with Crippen LogP contribution < -0.4 is 10.1 Å². The summed E-state index contributed by atoms with van der Waals surface area (Å²) in [5, 5.41) is 7.32. The number of para-hydroxylation sites is 1. The molecule has 1 fully saturated rings. The van der Waals surface area contributed by atoms with E-state index in [4.69, 9.17) is 9.47 Å². The lowest BCUT2D eigenvalue weighted by Crippen LogP contribution is -2.42. The molecule has 2 aromatic rings. The molecule has 10 heteroatoms. The van der Waals surface area contributed by atoms with Crippen LogP contribution in [-0.4, -0.2) is 77.3 Å². The number of hydrogen-bond donors (Lipinski definition) is 1. The van der Waals surface area contributed by atoms with Gasteiger partial charge in [0.15, 0.2) is 5.69 Å². The molecule has 0 aliphatic carbocycles. The van der Waals surface area contributed by atoms with Gasteiger partial charge in [0, 0.05) is 75.9 Å². The van der Waals surface area contributed by atoms with E-state index in [0.717, 1.165) is 16.8 Å². The van der Waals surface area contributed by atoms with Crippen LogP contribution in [-0.2, 0) is 40.9 Å². The van der Waals surface area contributed by atoms with Crippen molar-refractivity contribution in [2.45, 2.75) is 32.4 Å². The summed E-state index contributed by atoms with van der Waals surface area (Å²) >= 11 is 0. The highest BCUT2D eigenvalue weighted by atomic mass is 16.5. The molecule has 0 unspecified atom stereocenters. The molecule has 4 rings (SSSR count). The van der Waals surface area contributed by atoms with E-state index in [9.17, 15) is 14.4 Å². The Balaban J connectivity index is 1.32. The van der Waals surface area contributed by atoms with Gasteiger partial charge in [-0.25, -0.2) is 0 Å². The number of carbonyl (C=O) groups is 3. The maximum Gasteiger partial charge on any atom is 0.274 e. The van der Waals surface area contributed by atoms with Crippen molar-refractivity contribution in [1.82, 2.24) is 24.9 Å². The van der Waals surface area contributed by atoms with Gasteiger partial charge in [-0.2, -0.15) is 5.10 Å². The van der Waals surface area contributed by atoms with Crippen molar-refractivity contribution in [2.24, 2.45) is 7.05 Å². The monoisotopic (exact) mass is 469 g/mol. The SMILES string of the molecule is COc1ccccc1CNC(=O)CCC(=O)N1CCc2c(c(C(=O)N3CCOCC3)nn2C)C1. The molecule has 182 valence electrons. The molecule has 34 heavy (non-hydrogen) atoms. The lowest BCUT2D eigenvalue weighted by Gasteiger charge is -2.29. The van der Waals surface area contributed by atoms with Gasteiger partial charge in [0.1, 0.15) is 5.75 Å². The van der Waals surface area contributed by atoms with E-state index in [-0.39, 0.29) is 30.6 Å². The van der Waals surface area contributed by atoms with Crippen LogP contribution in [0.3, 0.4) is 0 Å². The highest BCUT2D eigenvalue weighted by Gasteiger charge is 2.31. The molecule has 1 saturated heterocycles. The van der Waals surface area contributed by atoms with E-state index in [2.05, 4.69) is 10.4 Å². The molecule has 1 aromatic heterocycles. The Hall–Kier alpha value is -3.40. The third-order valence-corrected chi connectivity index (χ3v) is 6.33. The maximum absolute atomic E-state index is 13.0. The van der Waals surface area contributed by atoms with Crippen LogP contribution in [0.2, 0.25) is 0 Å². The highest BCUT2D eigenvalue weighted by molar-refractivity contribution is 5.94. The number of ether oxygens (including phenoxy) is 2. The van der Waals surface area contributed by atoms with E-state index >= 15 is 0 Å². The quantitative estimate of drug-likeness (QED) is 0.646. The summed E-state index contributed by atoms with van der Waals surface area (Å²) in [5.41, 5.74) is 3.07.